The van der Waals surface area contributed by atoms with E-state index in [0.717, 1.165) is 0 Å². The highest BCUT2D eigenvalue weighted by Gasteiger charge is 2.49. The molecule has 2 atom stereocenters. The maximum Gasteiger partial charge on any atom is 0.234 e. The van der Waals surface area contributed by atoms with Gasteiger partial charge in [-0.2, -0.15) is 0 Å². The van der Waals surface area contributed by atoms with Crippen LogP contribution in [0.3, 0.4) is 0 Å². The van der Waals surface area contributed by atoms with Crippen molar-refractivity contribution in [2.45, 2.75) is 52.7 Å². The molecule has 1 heterocycles. The van der Waals surface area contributed by atoms with Crippen molar-refractivity contribution in [1.29, 1.82) is 0 Å². The highest BCUT2D eigenvalue weighted by molar-refractivity contribution is 5.96. The second-order valence-electron chi connectivity index (χ2n) is 6.37. The van der Waals surface area contributed by atoms with Gasteiger partial charge in [-0.15, -0.1) is 0 Å². The van der Waals surface area contributed by atoms with Gasteiger partial charge in [-0.1, -0.05) is 25.5 Å². The van der Waals surface area contributed by atoms with Crippen LogP contribution in [-0.4, -0.2) is 43.2 Å². The van der Waals surface area contributed by atoms with Crippen LogP contribution >= 0.6 is 0 Å². The molecule has 2 unspecified atom stereocenters. The largest absolute Gasteiger partial charge is 0.361 e. The summed E-state index contributed by atoms with van der Waals surface area (Å²) >= 11 is 0. The van der Waals surface area contributed by atoms with Gasteiger partial charge in [0.05, 0.1) is 19.2 Å². The fraction of sp³-hybridized carbons (Fsp3) is 0.611. The summed E-state index contributed by atoms with van der Waals surface area (Å²) in [6.45, 7) is 13.4. The number of hydrogen-bond acceptors (Lipinski definition) is 5. The molecule has 0 bridgehead atoms. The molecule has 1 amide bonds. The van der Waals surface area contributed by atoms with Crippen molar-refractivity contribution >= 4 is 18.4 Å². The van der Waals surface area contributed by atoms with Gasteiger partial charge < -0.3 is 15.8 Å². The molecule has 136 valence electrons. The Balaban J connectivity index is 0.000000561. The molecule has 1 saturated heterocycles. The molecule has 0 aromatic carbocycles. The first-order valence-electron chi connectivity index (χ1n) is 8.13. The van der Waals surface area contributed by atoms with Crippen molar-refractivity contribution in [1.82, 2.24) is 5.32 Å². The lowest BCUT2D eigenvalue weighted by Crippen LogP contribution is -2.48. The number of carbonyl (C=O) groups is 2. The van der Waals surface area contributed by atoms with Crippen LogP contribution in [0.2, 0.25) is 0 Å². The normalized spacial score (nSPS) is 21.0. The fourth-order valence-electron chi connectivity index (χ4n) is 1.84. The topological polar surface area (TPSA) is 97.1 Å². The SMILES string of the molecule is C=N/C=C\C(C)=C/C.CC(C)CC(NC(=O)CN)C(=O)C1(C)CO1. The number of Topliss-reactive ketones (excluding diaryl/α,β-unsaturated/α-hetero) is 1. The number of nitrogens with one attached hydrogen (secondary N) is 1. The summed E-state index contributed by atoms with van der Waals surface area (Å²) in [6.07, 6.45) is 6.22. The van der Waals surface area contributed by atoms with E-state index in [4.69, 9.17) is 10.5 Å². The van der Waals surface area contributed by atoms with E-state index in [1.165, 1.54) is 5.57 Å². The predicted octanol–water partition coefficient (Wildman–Crippen LogP) is 2.00. The molecule has 24 heavy (non-hydrogen) atoms. The number of rotatable bonds is 8. The maximum atomic E-state index is 12.0. The number of nitrogens with zero attached hydrogens (tertiary/aromatic N) is 1. The third kappa shape index (κ3) is 8.74. The van der Waals surface area contributed by atoms with Gasteiger partial charge in [-0.05, 0) is 45.9 Å². The second kappa shape index (κ2) is 10.9. The second-order valence-corrected chi connectivity index (χ2v) is 6.37. The van der Waals surface area contributed by atoms with Crippen molar-refractivity contribution in [3.8, 4) is 0 Å². The van der Waals surface area contributed by atoms with E-state index in [2.05, 4.69) is 17.0 Å². The van der Waals surface area contributed by atoms with Gasteiger partial charge in [0.2, 0.25) is 5.91 Å². The van der Waals surface area contributed by atoms with Gasteiger partial charge >= 0.3 is 0 Å². The van der Waals surface area contributed by atoms with Crippen LogP contribution in [0.15, 0.2) is 28.9 Å². The van der Waals surface area contributed by atoms with Gasteiger partial charge in [-0.3, -0.25) is 14.6 Å². The third-order valence-electron chi connectivity index (χ3n) is 3.54. The number of allylic oxidation sites excluding steroid dienone is 3. The molecule has 6 heteroatoms. The Morgan fingerprint density at radius 1 is 1.46 bits per heavy atom. The summed E-state index contributed by atoms with van der Waals surface area (Å²) < 4.78 is 5.10. The van der Waals surface area contributed by atoms with E-state index >= 15 is 0 Å². The highest BCUT2D eigenvalue weighted by atomic mass is 16.6. The minimum absolute atomic E-state index is 0.0528. The van der Waals surface area contributed by atoms with E-state index in [-0.39, 0.29) is 18.2 Å². The molecule has 0 spiro atoms. The van der Waals surface area contributed by atoms with E-state index in [9.17, 15) is 9.59 Å². The Kier molecular flexibility index (Phi) is 10.1. The Morgan fingerprint density at radius 3 is 2.42 bits per heavy atom. The van der Waals surface area contributed by atoms with Crippen LogP contribution in [-0.2, 0) is 14.3 Å². The molecule has 0 aromatic rings. The van der Waals surface area contributed by atoms with Crippen LogP contribution in [0.4, 0.5) is 0 Å². The fourth-order valence-corrected chi connectivity index (χ4v) is 1.84. The Morgan fingerprint density at radius 2 is 2.04 bits per heavy atom. The number of carbonyl (C=O) groups excluding carboxylic acids is 2. The van der Waals surface area contributed by atoms with Gasteiger partial charge in [0.1, 0.15) is 5.60 Å². The first-order chi connectivity index (χ1) is 11.2. The molecule has 1 rings (SSSR count). The quantitative estimate of drug-likeness (QED) is 0.402. The number of aliphatic imine (C=N–C) groups is 1. The van der Waals surface area contributed by atoms with E-state index in [1.54, 1.807) is 13.1 Å². The van der Waals surface area contributed by atoms with Crippen LogP contribution in [0.1, 0.15) is 41.0 Å². The maximum absolute atomic E-state index is 12.0. The summed E-state index contributed by atoms with van der Waals surface area (Å²) in [7, 11) is 0. The molecule has 6 nitrogen and oxygen atoms in total. The van der Waals surface area contributed by atoms with Crippen LogP contribution < -0.4 is 11.1 Å². The van der Waals surface area contributed by atoms with Crippen LogP contribution in [0.25, 0.3) is 0 Å². The van der Waals surface area contributed by atoms with E-state index < -0.39 is 11.6 Å². The smallest absolute Gasteiger partial charge is 0.234 e. The number of hydrogen-bond donors (Lipinski definition) is 2. The van der Waals surface area contributed by atoms with Crippen LogP contribution in [0, 0.1) is 5.92 Å². The van der Waals surface area contributed by atoms with Gasteiger partial charge in [0, 0.05) is 6.20 Å². The lowest BCUT2D eigenvalue weighted by Gasteiger charge is -2.20. The Hall–Kier alpha value is -1.79. The van der Waals surface area contributed by atoms with Gasteiger partial charge in [-0.25, -0.2) is 0 Å². The summed E-state index contributed by atoms with van der Waals surface area (Å²) in [5, 5.41) is 2.65. The molecule has 3 N–H and O–H groups in total. The Bertz CT molecular complexity index is 492. The van der Waals surface area contributed by atoms with Crippen molar-refractivity contribution in [2.75, 3.05) is 13.2 Å². The molecule has 0 radical (unpaired) electrons. The van der Waals surface area contributed by atoms with Crippen molar-refractivity contribution < 1.29 is 14.3 Å². The summed E-state index contributed by atoms with van der Waals surface area (Å²) in [5.41, 5.74) is 5.73. The van der Waals surface area contributed by atoms with E-state index in [1.807, 2.05) is 39.8 Å². The average molecular weight is 337 g/mol. The lowest BCUT2D eigenvalue weighted by atomic mass is 9.93. The zero-order valence-corrected chi connectivity index (χ0v) is 15.5. The average Bonchev–Trinajstić information content (AvgIpc) is 3.30. The zero-order valence-electron chi connectivity index (χ0n) is 15.5. The molecular formula is C18H31N3O3. The number of nitrogens with two attached hydrogens (primary N) is 1. The first kappa shape index (κ1) is 22.2. The molecular weight excluding hydrogens is 306 g/mol. The number of epoxide rings is 1. The zero-order chi connectivity index (χ0) is 18.8. The lowest BCUT2D eigenvalue weighted by molar-refractivity contribution is -0.130. The molecule has 0 aliphatic carbocycles. The van der Waals surface area contributed by atoms with Crippen molar-refractivity contribution in [3.63, 3.8) is 0 Å². The highest BCUT2D eigenvalue weighted by Crippen LogP contribution is 2.29. The summed E-state index contributed by atoms with van der Waals surface area (Å²) in [6, 6.07) is -0.483. The minimum atomic E-state index is -0.693. The van der Waals surface area contributed by atoms with E-state index in [0.29, 0.717) is 18.9 Å². The van der Waals surface area contributed by atoms with Gasteiger partial charge in [0.15, 0.2) is 5.78 Å². The van der Waals surface area contributed by atoms with Gasteiger partial charge in [0.25, 0.3) is 0 Å². The van der Waals surface area contributed by atoms with Crippen molar-refractivity contribution in [2.24, 2.45) is 16.6 Å². The first-order valence-corrected chi connectivity index (χ1v) is 8.13. The minimum Gasteiger partial charge on any atom is -0.361 e. The molecule has 1 fully saturated rings. The predicted molar refractivity (Wildman–Crippen MR) is 97.9 cm³/mol. The third-order valence-corrected chi connectivity index (χ3v) is 3.54. The standard InChI is InChI=1S/C11H20N2O3.C7H11N/c1-7(2)4-8(13-9(14)5-12)10(15)11(3)6-16-11;1-4-7(2)5-6-8-3/h7-8H,4-6,12H2,1-3H3,(H,13,14);4-6H,3H2,1-2H3/b;6-5-,7-4-. The molecule has 0 aromatic heterocycles. The molecule has 0 saturated carbocycles. The number of amides is 1. The monoisotopic (exact) mass is 337 g/mol. The van der Waals surface area contributed by atoms with Crippen molar-refractivity contribution in [3.05, 3.63) is 23.9 Å². The molecule has 1 aliphatic rings. The molecule has 1 aliphatic heterocycles. The number of ether oxygens (including phenoxy) is 1. The summed E-state index contributed by atoms with van der Waals surface area (Å²) in [4.78, 5) is 26.8. The van der Waals surface area contributed by atoms with Crippen LogP contribution in [0.5, 0.6) is 0 Å². The Labute approximate surface area is 145 Å². The number of ketones is 1. The summed E-state index contributed by atoms with van der Waals surface area (Å²) in [5.74, 6) is -0.0272.